The van der Waals surface area contributed by atoms with Gasteiger partial charge in [0.1, 0.15) is 5.82 Å². The first-order valence-corrected chi connectivity index (χ1v) is 7.57. The van der Waals surface area contributed by atoms with E-state index in [-0.39, 0.29) is 29.0 Å². The molecular weight excluding hydrogens is 323 g/mol. The van der Waals surface area contributed by atoms with Crippen LogP contribution in [0.5, 0.6) is 0 Å². The van der Waals surface area contributed by atoms with Gasteiger partial charge in [0, 0.05) is 16.0 Å². The summed E-state index contributed by atoms with van der Waals surface area (Å²) in [7, 11) is 0. The number of hydrogen-bond acceptors (Lipinski definition) is 3. The van der Waals surface area contributed by atoms with Crippen molar-refractivity contribution in [3.63, 3.8) is 0 Å². The van der Waals surface area contributed by atoms with E-state index in [1.807, 2.05) is 19.9 Å². The van der Waals surface area contributed by atoms with Gasteiger partial charge in [-0.2, -0.15) is 0 Å². The second-order valence-electron chi connectivity index (χ2n) is 6.59. The number of hydrogen-bond donors (Lipinski definition) is 2. The summed E-state index contributed by atoms with van der Waals surface area (Å²) in [6, 6.07) is 4.79. The highest BCUT2D eigenvalue weighted by atomic mass is 79.9. The lowest BCUT2D eigenvalue weighted by Crippen LogP contribution is -2.41. The molecule has 1 heterocycles. The van der Waals surface area contributed by atoms with E-state index >= 15 is 0 Å². The fourth-order valence-electron chi connectivity index (χ4n) is 3.30. The van der Waals surface area contributed by atoms with Crippen molar-refractivity contribution in [1.29, 1.82) is 0 Å². The first-order valence-electron chi connectivity index (χ1n) is 6.77. The minimum absolute atomic E-state index is 0.0955. The molecule has 20 heavy (non-hydrogen) atoms. The van der Waals surface area contributed by atoms with Gasteiger partial charge >= 0.3 is 0 Å². The van der Waals surface area contributed by atoms with Crippen molar-refractivity contribution < 1.29 is 9.13 Å². The van der Waals surface area contributed by atoms with E-state index in [0.717, 1.165) is 10.9 Å². The zero-order valence-corrected chi connectivity index (χ0v) is 13.9. The second kappa shape index (κ2) is 5.37. The Morgan fingerprint density at radius 1 is 1.40 bits per heavy atom. The molecule has 0 saturated carbocycles. The molecule has 1 saturated heterocycles. The van der Waals surface area contributed by atoms with Crippen molar-refractivity contribution in [2.75, 3.05) is 0 Å². The molecule has 1 aliphatic heterocycles. The van der Waals surface area contributed by atoms with Gasteiger partial charge < -0.3 is 4.74 Å². The largest absolute Gasteiger partial charge is 0.369 e. The molecule has 0 aliphatic carbocycles. The molecule has 0 radical (unpaired) electrons. The van der Waals surface area contributed by atoms with Gasteiger partial charge in [0.05, 0.1) is 17.2 Å². The fourth-order valence-corrected chi connectivity index (χ4v) is 3.63. The molecule has 1 aromatic carbocycles. The molecular formula is C15H22BrFN2O. The molecule has 5 heteroatoms. The monoisotopic (exact) mass is 344 g/mol. The van der Waals surface area contributed by atoms with Crippen molar-refractivity contribution in [2.24, 2.45) is 11.8 Å². The van der Waals surface area contributed by atoms with Gasteiger partial charge in [-0.15, -0.1) is 0 Å². The molecule has 2 rings (SSSR count). The Morgan fingerprint density at radius 3 is 2.50 bits per heavy atom. The van der Waals surface area contributed by atoms with Crippen LogP contribution in [0.15, 0.2) is 22.7 Å². The van der Waals surface area contributed by atoms with Crippen LogP contribution in [-0.4, -0.2) is 11.2 Å². The van der Waals surface area contributed by atoms with Gasteiger partial charge in [-0.3, -0.25) is 11.3 Å². The lowest BCUT2D eigenvalue weighted by atomic mass is 9.79. The summed E-state index contributed by atoms with van der Waals surface area (Å²) in [6.45, 7) is 8.18. The summed E-state index contributed by atoms with van der Waals surface area (Å²) < 4.78 is 21.0. The van der Waals surface area contributed by atoms with Crippen molar-refractivity contribution >= 4 is 15.9 Å². The van der Waals surface area contributed by atoms with E-state index in [4.69, 9.17) is 10.6 Å². The molecule has 1 fully saturated rings. The smallest absolute Gasteiger partial charge is 0.129 e. The lowest BCUT2D eigenvalue weighted by molar-refractivity contribution is -0.0779. The molecule has 2 unspecified atom stereocenters. The molecule has 2 atom stereocenters. The summed E-state index contributed by atoms with van der Waals surface area (Å²) in [5, 5.41) is 0. The summed E-state index contributed by atoms with van der Waals surface area (Å²) in [5.41, 5.74) is 2.77. The Balaban J connectivity index is 2.37. The van der Waals surface area contributed by atoms with Crippen LogP contribution in [0.3, 0.4) is 0 Å². The zero-order valence-electron chi connectivity index (χ0n) is 12.3. The molecule has 112 valence electrons. The van der Waals surface area contributed by atoms with Crippen LogP contribution >= 0.6 is 15.9 Å². The highest BCUT2D eigenvalue weighted by Crippen LogP contribution is 2.47. The third-order valence-corrected chi connectivity index (χ3v) is 4.52. The highest BCUT2D eigenvalue weighted by molar-refractivity contribution is 9.10. The average molecular weight is 345 g/mol. The normalized spacial score (nSPS) is 25.6. The van der Waals surface area contributed by atoms with Crippen LogP contribution in [0.25, 0.3) is 0 Å². The summed E-state index contributed by atoms with van der Waals surface area (Å²) in [5.74, 6) is 5.55. The third-order valence-electron chi connectivity index (χ3n) is 4.02. The number of benzene rings is 1. The number of halogens is 2. The molecule has 0 bridgehead atoms. The van der Waals surface area contributed by atoms with Crippen molar-refractivity contribution in [1.82, 2.24) is 5.43 Å². The van der Waals surface area contributed by atoms with Gasteiger partial charge in [0.2, 0.25) is 0 Å². The number of hydrazine groups is 1. The van der Waals surface area contributed by atoms with Gasteiger partial charge in [-0.1, -0.05) is 22.0 Å². The van der Waals surface area contributed by atoms with Crippen LogP contribution in [0.2, 0.25) is 0 Å². The van der Waals surface area contributed by atoms with Gasteiger partial charge in [0.15, 0.2) is 0 Å². The van der Waals surface area contributed by atoms with Crippen molar-refractivity contribution in [2.45, 2.75) is 51.4 Å². The number of nitrogens with two attached hydrogens (primary N) is 1. The molecule has 0 amide bonds. The summed E-state index contributed by atoms with van der Waals surface area (Å²) in [6.07, 6.45) is 0.824. The molecule has 1 aromatic rings. The second-order valence-corrected chi connectivity index (χ2v) is 7.50. The maximum atomic E-state index is 14.2. The van der Waals surface area contributed by atoms with Crippen LogP contribution < -0.4 is 11.3 Å². The first kappa shape index (κ1) is 15.9. The Bertz CT molecular complexity index is 505. The van der Waals surface area contributed by atoms with E-state index in [1.54, 1.807) is 6.07 Å². The Morgan fingerprint density at radius 2 is 2.05 bits per heavy atom. The minimum Gasteiger partial charge on any atom is -0.369 e. The molecule has 0 aromatic heterocycles. The lowest BCUT2D eigenvalue weighted by Gasteiger charge is -2.33. The maximum Gasteiger partial charge on any atom is 0.129 e. The predicted molar refractivity (Wildman–Crippen MR) is 81.5 cm³/mol. The fraction of sp³-hybridized carbons (Fsp3) is 0.600. The molecule has 0 spiro atoms. The van der Waals surface area contributed by atoms with Crippen LogP contribution in [0.1, 0.15) is 45.7 Å². The highest BCUT2D eigenvalue weighted by Gasteiger charge is 2.49. The standard InChI is InChI=1S/C15H22BrFN2O/c1-14(2)8-11(15(3,4)20-14)13(19-18)10-6-5-9(16)7-12(10)17/h5-7,11,13,19H,8,18H2,1-4H3. The van der Waals surface area contributed by atoms with E-state index in [9.17, 15) is 4.39 Å². The van der Waals surface area contributed by atoms with E-state index in [2.05, 4.69) is 35.2 Å². The Labute approximate surface area is 128 Å². The van der Waals surface area contributed by atoms with Crippen LogP contribution in [0, 0.1) is 11.7 Å². The molecule has 3 nitrogen and oxygen atoms in total. The first-order chi connectivity index (χ1) is 9.16. The topological polar surface area (TPSA) is 47.3 Å². The minimum atomic E-state index is -0.361. The summed E-state index contributed by atoms with van der Waals surface area (Å²) in [4.78, 5) is 0. The van der Waals surface area contributed by atoms with E-state index < -0.39 is 0 Å². The van der Waals surface area contributed by atoms with Gasteiger partial charge in [0.25, 0.3) is 0 Å². The average Bonchev–Trinajstić information content (AvgIpc) is 2.51. The zero-order chi connectivity index (χ0) is 15.1. The molecule has 3 N–H and O–H groups in total. The number of ether oxygens (including phenoxy) is 1. The van der Waals surface area contributed by atoms with Crippen LogP contribution in [0.4, 0.5) is 4.39 Å². The van der Waals surface area contributed by atoms with E-state index in [1.165, 1.54) is 6.07 Å². The number of nitrogens with one attached hydrogen (secondary N) is 1. The van der Waals surface area contributed by atoms with E-state index in [0.29, 0.717) is 5.56 Å². The Kier molecular flexibility index (Phi) is 4.27. The van der Waals surface area contributed by atoms with Crippen LogP contribution in [-0.2, 0) is 4.74 Å². The van der Waals surface area contributed by atoms with Crippen molar-refractivity contribution in [3.8, 4) is 0 Å². The number of rotatable bonds is 3. The quantitative estimate of drug-likeness (QED) is 0.649. The van der Waals surface area contributed by atoms with Gasteiger partial charge in [-0.05, 0) is 46.2 Å². The maximum absolute atomic E-state index is 14.2. The van der Waals surface area contributed by atoms with Crippen molar-refractivity contribution in [3.05, 3.63) is 34.1 Å². The SMILES string of the molecule is CC1(C)CC(C(NN)c2ccc(Br)cc2F)C(C)(C)O1. The third kappa shape index (κ3) is 3.06. The predicted octanol–water partition coefficient (Wildman–Crippen LogP) is 3.69. The molecule has 1 aliphatic rings. The van der Waals surface area contributed by atoms with Gasteiger partial charge in [-0.25, -0.2) is 4.39 Å². The Hall–Kier alpha value is -0.490. The summed E-state index contributed by atoms with van der Waals surface area (Å²) >= 11 is 3.27.